The monoisotopic (exact) mass is 256 g/mol. The molecule has 3 nitrogen and oxygen atoms in total. The molecule has 1 rings (SSSR count). The van der Waals surface area contributed by atoms with Crippen molar-refractivity contribution in [2.75, 3.05) is 13.7 Å². The zero-order valence-corrected chi connectivity index (χ0v) is 12.4. The van der Waals surface area contributed by atoms with E-state index in [2.05, 4.69) is 38.0 Å². The van der Waals surface area contributed by atoms with Crippen LogP contribution in [0.15, 0.2) is 6.20 Å². The van der Waals surface area contributed by atoms with Gasteiger partial charge in [0, 0.05) is 36.2 Å². The van der Waals surface area contributed by atoms with Gasteiger partial charge in [-0.1, -0.05) is 27.7 Å². The maximum Gasteiger partial charge on any atom is 0.0981 e. The van der Waals surface area contributed by atoms with Crippen LogP contribution in [0.1, 0.15) is 44.0 Å². The van der Waals surface area contributed by atoms with Crippen molar-refractivity contribution in [3.63, 3.8) is 0 Å². The summed E-state index contributed by atoms with van der Waals surface area (Å²) in [7, 11) is 1.74. The average molecular weight is 256 g/mol. The molecule has 0 amide bonds. The molecule has 1 aromatic rings. The van der Waals surface area contributed by atoms with Crippen LogP contribution < -0.4 is 5.32 Å². The van der Waals surface area contributed by atoms with Gasteiger partial charge in [0.2, 0.25) is 0 Å². The lowest BCUT2D eigenvalue weighted by Gasteiger charge is -2.15. The van der Waals surface area contributed by atoms with Gasteiger partial charge in [0.05, 0.1) is 11.6 Å². The molecular weight excluding hydrogens is 232 g/mol. The largest absolute Gasteiger partial charge is 0.383 e. The van der Waals surface area contributed by atoms with Gasteiger partial charge in [-0.3, -0.25) is 0 Å². The van der Waals surface area contributed by atoms with E-state index in [1.54, 1.807) is 18.4 Å². The Balaban J connectivity index is 2.49. The predicted molar refractivity (Wildman–Crippen MR) is 73.6 cm³/mol. The first-order valence-corrected chi connectivity index (χ1v) is 6.96. The summed E-state index contributed by atoms with van der Waals surface area (Å²) in [6.45, 7) is 10.4. The minimum absolute atomic E-state index is 0.152. The van der Waals surface area contributed by atoms with Gasteiger partial charge in [0.25, 0.3) is 0 Å². The Morgan fingerprint density at radius 1 is 1.47 bits per heavy atom. The van der Waals surface area contributed by atoms with E-state index in [9.17, 15) is 0 Å². The molecular formula is C13H24N2OS. The van der Waals surface area contributed by atoms with Gasteiger partial charge in [-0.15, -0.1) is 11.3 Å². The summed E-state index contributed by atoms with van der Waals surface area (Å²) < 4.78 is 5.17. The topological polar surface area (TPSA) is 34.1 Å². The third-order valence-corrected chi connectivity index (χ3v) is 4.04. The van der Waals surface area contributed by atoms with Crippen LogP contribution in [-0.2, 0) is 16.7 Å². The number of hydrogen-bond donors (Lipinski definition) is 1. The second-order valence-electron chi connectivity index (χ2n) is 5.32. The number of ether oxygens (including phenoxy) is 1. The Labute approximate surface area is 109 Å². The summed E-state index contributed by atoms with van der Waals surface area (Å²) in [6.07, 6.45) is 3.07. The van der Waals surface area contributed by atoms with E-state index in [0.717, 1.165) is 19.6 Å². The number of hydrogen-bond acceptors (Lipinski definition) is 4. The molecule has 0 radical (unpaired) electrons. The zero-order chi connectivity index (χ0) is 12.9. The quantitative estimate of drug-likeness (QED) is 0.849. The Hall–Kier alpha value is -0.450. The van der Waals surface area contributed by atoms with Crippen LogP contribution in [0.2, 0.25) is 0 Å². The number of nitrogens with one attached hydrogen (secondary N) is 1. The van der Waals surface area contributed by atoms with E-state index in [-0.39, 0.29) is 5.41 Å². The van der Waals surface area contributed by atoms with E-state index in [4.69, 9.17) is 4.74 Å². The van der Waals surface area contributed by atoms with Gasteiger partial charge in [-0.05, 0) is 6.42 Å². The predicted octanol–water partition coefficient (Wildman–Crippen LogP) is 2.96. The van der Waals surface area contributed by atoms with Crippen LogP contribution in [0.5, 0.6) is 0 Å². The SMILES string of the molecule is CCC(COC)NCc1cnc(C(C)(C)C)s1. The van der Waals surface area contributed by atoms with Gasteiger partial charge < -0.3 is 10.1 Å². The first-order chi connectivity index (χ1) is 7.97. The fraction of sp³-hybridized carbons (Fsp3) is 0.769. The van der Waals surface area contributed by atoms with Gasteiger partial charge in [-0.25, -0.2) is 4.98 Å². The third-order valence-electron chi connectivity index (χ3n) is 2.62. The first kappa shape index (κ1) is 14.6. The molecule has 0 aliphatic carbocycles. The van der Waals surface area contributed by atoms with Gasteiger partial charge in [0.1, 0.15) is 0 Å². The number of rotatable bonds is 6. The van der Waals surface area contributed by atoms with E-state index in [1.165, 1.54) is 9.88 Å². The fourth-order valence-corrected chi connectivity index (χ4v) is 2.42. The molecule has 0 bridgehead atoms. The van der Waals surface area contributed by atoms with Crippen LogP contribution in [0, 0.1) is 0 Å². The maximum atomic E-state index is 5.17. The Bertz CT molecular complexity index is 330. The summed E-state index contributed by atoms with van der Waals surface area (Å²) in [5.41, 5.74) is 0.152. The second-order valence-corrected chi connectivity index (χ2v) is 6.44. The zero-order valence-electron chi connectivity index (χ0n) is 11.5. The molecule has 4 heteroatoms. The highest BCUT2D eigenvalue weighted by atomic mass is 32.1. The van der Waals surface area contributed by atoms with Crippen molar-refractivity contribution in [2.24, 2.45) is 0 Å². The molecule has 0 saturated carbocycles. The van der Waals surface area contributed by atoms with E-state index >= 15 is 0 Å². The third kappa shape index (κ3) is 4.74. The summed E-state index contributed by atoms with van der Waals surface area (Å²) in [5.74, 6) is 0. The van der Waals surface area contributed by atoms with Crippen LogP contribution in [0.3, 0.4) is 0 Å². The lowest BCUT2D eigenvalue weighted by atomic mass is 9.98. The highest BCUT2D eigenvalue weighted by Gasteiger charge is 2.18. The molecule has 0 aliphatic rings. The first-order valence-electron chi connectivity index (χ1n) is 6.15. The minimum Gasteiger partial charge on any atom is -0.383 e. The van der Waals surface area contributed by atoms with Crippen LogP contribution in [-0.4, -0.2) is 24.7 Å². The highest BCUT2D eigenvalue weighted by molar-refractivity contribution is 7.11. The molecule has 17 heavy (non-hydrogen) atoms. The molecule has 0 saturated heterocycles. The van der Waals surface area contributed by atoms with Crippen molar-refractivity contribution in [3.8, 4) is 0 Å². The van der Waals surface area contributed by atoms with Crippen molar-refractivity contribution >= 4 is 11.3 Å². The second kappa shape index (κ2) is 6.47. The maximum absolute atomic E-state index is 5.17. The van der Waals surface area contributed by atoms with Crippen LogP contribution in [0.4, 0.5) is 0 Å². The van der Waals surface area contributed by atoms with Gasteiger partial charge in [-0.2, -0.15) is 0 Å². The summed E-state index contributed by atoms with van der Waals surface area (Å²) in [4.78, 5) is 5.78. The van der Waals surface area contributed by atoms with E-state index in [0.29, 0.717) is 6.04 Å². The Kier molecular flexibility index (Phi) is 5.56. The molecule has 98 valence electrons. The standard InChI is InChI=1S/C13H24N2OS/c1-6-10(9-16-5)14-7-11-8-15-12(17-11)13(2,3)4/h8,10,14H,6-7,9H2,1-5H3. The molecule has 1 N–H and O–H groups in total. The normalized spacial score (nSPS) is 13.9. The summed E-state index contributed by atoms with van der Waals surface area (Å²) in [6, 6.07) is 0.431. The molecule has 0 fully saturated rings. The van der Waals surface area contributed by atoms with E-state index < -0.39 is 0 Å². The van der Waals surface area contributed by atoms with Crippen molar-refractivity contribution in [1.82, 2.24) is 10.3 Å². The van der Waals surface area contributed by atoms with Crippen molar-refractivity contribution in [1.29, 1.82) is 0 Å². The van der Waals surface area contributed by atoms with Gasteiger partial charge in [0.15, 0.2) is 0 Å². The molecule has 0 aromatic carbocycles. The van der Waals surface area contributed by atoms with Crippen LogP contribution in [0.25, 0.3) is 0 Å². The summed E-state index contributed by atoms with van der Waals surface area (Å²) in [5, 5.41) is 4.70. The number of methoxy groups -OCH3 is 1. The van der Waals surface area contributed by atoms with Crippen molar-refractivity contribution < 1.29 is 4.74 Å². The molecule has 1 aromatic heterocycles. The molecule has 1 unspecified atom stereocenters. The molecule has 1 atom stereocenters. The molecule has 0 aliphatic heterocycles. The van der Waals surface area contributed by atoms with E-state index in [1.807, 2.05) is 6.20 Å². The number of thiazole rings is 1. The number of aromatic nitrogens is 1. The molecule has 0 spiro atoms. The summed E-state index contributed by atoms with van der Waals surface area (Å²) >= 11 is 1.80. The number of nitrogens with zero attached hydrogens (tertiary/aromatic N) is 1. The molecule has 1 heterocycles. The average Bonchev–Trinajstić information content (AvgIpc) is 2.72. The van der Waals surface area contributed by atoms with Gasteiger partial charge >= 0.3 is 0 Å². The minimum atomic E-state index is 0.152. The smallest absolute Gasteiger partial charge is 0.0981 e. The lowest BCUT2D eigenvalue weighted by Crippen LogP contribution is -2.31. The lowest BCUT2D eigenvalue weighted by molar-refractivity contribution is 0.164. The fourth-order valence-electron chi connectivity index (χ4n) is 1.50. The Morgan fingerprint density at radius 2 is 2.18 bits per heavy atom. The van der Waals surface area contributed by atoms with Crippen molar-refractivity contribution in [2.45, 2.75) is 52.1 Å². The highest BCUT2D eigenvalue weighted by Crippen LogP contribution is 2.26. The van der Waals surface area contributed by atoms with Crippen molar-refractivity contribution in [3.05, 3.63) is 16.1 Å². The Morgan fingerprint density at radius 3 is 2.65 bits per heavy atom. The van der Waals surface area contributed by atoms with Crippen LogP contribution >= 0.6 is 11.3 Å².